The van der Waals surface area contributed by atoms with Gasteiger partial charge in [0.2, 0.25) is 11.0 Å². The van der Waals surface area contributed by atoms with Crippen LogP contribution in [0.1, 0.15) is 10.6 Å². The SMILES string of the molecule is COc1ccc(NC(=O)Nc2nnc(CC(=O)Nc3cccc(C)c3)s2)cc1. The Hall–Kier alpha value is -3.46. The molecule has 0 saturated heterocycles. The molecule has 0 bridgehead atoms. The first kappa shape index (κ1) is 19.3. The molecule has 0 saturated carbocycles. The highest BCUT2D eigenvalue weighted by Crippen LogP contribution is 2.18. The second-order valence-electron chi connectivity index (χ2n) is 5.90. The molecule has 144 valence electrons. The van der Waals surface area contributed by atoms with Crippen molar-refractivity contribution >= 4 is 39.8 Å². The lowest BCUT2D eigenvalue weighted by Gasteiger charge is -2.06. The first-order valence-corrected chi connectivity index (χ1v) is 9.24. The van der Waals surface area contributed by atoms with Gasteiger partial charge < -0.3 is 15.4 Å². The number of methoxy groups -OCH3 is 1. The molecule has 0 aliphatic rings. The number of rotatable bonds is 6. The molecule has 1 aromatic heterocycles. The van der Waals surface area contributed by atoms with Crippen LogP contribution < -0.4 is 20.7 Å². The number of ether oxygens (including phenoxy) is 1. The lowest BCUT2D eigenvalue weighted by molar-refractivity contribution is -0.115. The number of carbonyl (C=O) groups is 2. The minimum Gasteiger partial charge on any atom is -0.497 e. The van der Waals surface area contributed by atoms with Gasteiger partial charge in [-0.3, -0.25) is 10.1 Å². The van der Waals surface area contributed by atoms with Crippen molar-refractivity contribution in [3.8, 4) is 5.75 Å². The van der Waals surface area contributed by atoms with Crippen LogP contribution in [0.5, 0.6) is 5.75 Å². The second kappa shape index (κ2) is 8.96. The van der Waals surface area contributed by atoms with Gasteiger partial charge in [-0.25, -0.2) is 4.79 Å². The van der Waals surface area contributed by atoms with Gasteiger partial charge in [0.15, 0.2) is 0 Å². The number of amides is 3. The van der Waals surface area contributed by atoms with Gasteiger partial charge in [-0.1, -0.05) is 23.5 Å². The summed E-state index contributed by atoms with van der Waals surface area (Å²) in [6.45, 7) is 1.95. The third kappa shape index (κ3) is 5.52. The summed E-state index contributed by atoms with van der Waals surface area (Å²) in [7, 11) is 1.57. The van der Waals surface area contributed by atoms with Crippen molar-refractivity contribution in [2.24, 2.45) is 0 Å². The molecule has 0 aliphatic heterocycles. The number of hydrogen-bond acceptors (Lipinski definition) is 6. The van der Waals surface area contributed by atoms with Gasteiger partial charge >= 0.3 is 6.03 Å². The van der Waals surface area contributed by atoms with E-state index < -0.39 is 6.03 Å². The highest BCUT2D eigenvalue weighted by Gasteiger charge is 2.12. The van der Waals surface area contributed by atoms with E-state index in [1.54, 1.807) is 31.4 Å². The molecular formula is C19H19N5O3S. The molecule has 0 spiro atoms. The van der Waals surface area contributed by atoms with Crippen LogP contribution in [-0.2, 0) is 11.2 Å². The molecule has 0 unspecified atom stereocenters. The Balaban J connectivity index is 1.51. The number of aryl methyl sites for hydroxylation is 1. The molecule has 8 nitrogen and oxygen atoms in total. The summed E-state index contributed by atoms with van der Waals surface area (Å²) in [5.74, 6) is 0.500. The minimum absolute atomic E-state index is 0.0768. The van der Waals surface area contributed by atoms with E-state index in [-0.39, 0.29) is 12.3 Å². The molecule has 28 heavy (non-hydrogen) atoms. The van der Waals surface area contributed by atoms with E-state index in [1.165, 1.54) is 0 Å². The maximum atomic E-state index is 12.1. The molecule has 0 radical (unpaired) electrons. The number of hydrogen-bond donors (Lipinski definition) is 3. The van der Waals surface area contributed by atoms with Crippen molar-refractivity contribution in [1.29, 1.82) is 0 Å². The van der Waals surface area contributed by atoms with Gasteiger partial charge in [0.1, 0.15) is 10.8 Å². The molecule has 0 atom stereocenters. The second-order valence-corrected chi connectivity index (χ2v) is 6.97. The van der Waals surface area contributed by atoms with Gasteiger partial charge in [-0.05, 0) is 48.9 Å². The van der Waals surface area contributed by atoms with Crippen molar-refractivity contribution in [3.05, 3.63) is 59.1 Å². The largest absolute Gasteiger partial charge is 0.497 e. The van der Waals surface area contributed by atoms with Crippen LogP contribution in [-0.4, -0.2) is 29.2 Å². The molecule has 3 amide bonds. The van der Waals surface area contributed by atoms with E-state index in [4.69, 9.17) is 4.74 Å². The summed E-state index contributed by atoms with van der Waals surface area (Å²) in [5.41, 5.74) is 2.40. The monoisotopic (exact) mass is 397 g/mol. The Kier molecular flexibility index (Phi) is 6.18. The fourth-order valence-electron chi connectivity index (χ4n) is 2.37. The number of benzene rings is 2. The Morgan fingerprint density at radius 2 is 1.79 bits per heavy atom. The molecular weight excluding hydrogens is 378 g/mol. The van der Waals surface area contributed by atoms with Crippen molar-refractivity contribution in [1.82, 2.24) is 10.2 Å². The standard InChI is InChI=1S/C19H19N5O3S/c1-12-4-3-5-14(10-12)20-16(25)11-17-23-24-19(28-17)22-18(26)21-13-6-8-15(27-2)9-7-13/h3-10H,11H2,1-2H3,(H,20,25)(H2,21,22,24,26). The predicted octanol–water partition coefficient (Wildman–Crippen LogP) is 3.68. The van der Waals surface area contributed by atoms with Crippen molar-refractivity contribution < 1.29 is 14.3 Å². The first-order chi connectivity index (χ1) is 13.5. The van der Waals surface area contributed by atoms with Crippen LogP contribution in [0.15, 0.2) is 48.5 Å². The van der Waals surface area contributed by atoms with Crippen molar-refractivity contribution in [2.75, 3.05) is 23.1 Å². The number of carbonyl (C=O) groups excluding carboxylic acids is 2. The van der Waals surface area contributed by atoms with Crippen LogP contribution in [0.4, 0.5) is 21.3 Å². The molecule has 1 heterocycles. The summed E-state index contributed by atoms with van der Waals surface area (Å²) in [6.07, 6.45) is 0.0768. The van der Waals surface area contributed by atoms with E-state index in [2.05, 4.69) is 26.1 Å². The fraction of sp³-hybridized carbons (Fsp3) is 0.158. The summed E-state index contributed by atoms with van der Waals surface area (Å²) < 4.78 is 5.07. The zero-order valence-corrected chi connectivity index (χ0v) is 16.2. The van der Waals surface area contributed by atoms with Crippen LogP contribution in [0.25, 0.3) is 0 Å². The normalized spacial score (nSPS) is 10.2. The third-order valence-electron chi connectivity index (χ3n) is 3.65. The van der Waals surface area contributed by atoms with E-state index >= 15 is 0 Å². The number of anilines is 3. The van der Waals surface area contributed by atoms with Gasteiger partial charge in [-0.2, -0.15) is 0 Å². The quantitative estimate of drug-likeness (QED) is 0.588. The summed E-state index contributed by atoms with van der Waals surface area (Å²) >= 11 is 1.14. The Morgan fingerprint density at radius 3 is 2.50 bits per heavy atom. The van der Waals surface area contributed by atoms with E-state index in [0.29, 0.717) is 21.6 Å². The van der Waals surface area contributed by atoms with E-state index in [9.17, 15) is 9.59 Å². The lowest BCUT2D eigenvalue weighted by atomic mass is 10.2. The van der Waals surface area contributed by atoms with Crippen molar-refractivity contribution in [3.63, 3.8) is 0 Å². The molecule has 3 N–H and O–H groups in total. The smallest absolute Gasteiger partial charge is 0.325 e. The molecule has 2 aromatic carbocycles. The number of urea groups is 1. The zero-order chi connectivity index (χ0) is 19.9. The number of nitrogens with one attached hydrogen (secondary N) is 3. The van der Waals surface area contributed by atoms with Gasteiger partial charge in [0.25, 0.3) is 0 Å². The topological polar surface area (TPSA) is 105 Å². The Bertz CT molecular complexity index is 972. The molecule has 0 aliphatic carbocycles. The molecule has 3 rings (SSSR count). The summed E-state index contributed by atoms with van der Waals surface area (Å²) in [6, 6.07) is 14.0. The van der Waals surface area contributed by atoms with Crippen molar-refractivity contribution in [2.45, 2.75) is 13.3 Å². The first-order valence-electron chi connectivity index (χ1n) is 8.43. The zero-order valence-electron chi connectivity index (χ0n) is 15.4. The summed E-state index contributed by atoms with van der Waals surface area (Å²) in [5, 5.41) is 16.8. The van der Waals surface area contributed by atoms with Crippen LogP contribution in [0.2, 0.25) is 0 Å². The van der Waals surface area contributed by atoms with Crippen LogP contribution in [0.3, 0.4) is 0 Å². The van der Waals surface area contributed by atoms with Gasteiger partial charge in [0, 0.05) is 11.4 Å². The van der Waals surface area contributed by atoms with Gasteiger partial charge in [-0.15, -0.1) is 10.2 Å². The molecule has 0 fully saturated rings. The Labute approximate surface area is 166 Å². The number of nitrogens with zero attached hydrogens (tertiary/aromatic N) is 2. The molecule has 9 heteroatoms. The minimum atomic E-state index is -0.447. The Morgan fingerprint density at radius 1 is 1.00 bits per heavy atom. The number of aromatic nitrogens is 2. The highest BCUT2D eigenvalue weighted by molar-refractivity contribution is 7.15. The average molecular weight is 397 g/mol. The lowest BCUT2D eigenvalue weighted by Crippen LogP contribution is -2.19. The maximum Gasteiger partial charge on any atom is 0.325 e. The fourth-order valence-corrected chi connectivity index (χ4v) is 3.11. The summed E-state index contributed by atoms with van der Waals surface area (Å²) in [4.78, 5) is 24.2. The van der Waals surface area contributed by atoms with E-state index in [1.807, 2.05) is 31.2 Å². The third-order valence-corrected chi connectivity index (χ3v) is 4.49. The van der Waals surface area contributed by atoms with E-state index in [0.717, 1.165) is 22.6 Å². The van der Waals surface area contributed by atoms with Crippen LogP contribution >= 0.6 is 11.3 Å². The average Bonchev–Trinajstić information content (AvgIpc) is 3.08. The van der Waals surface area contributed by atoms with Crippen LogP contribution in [0, 0.1) is 6.92 Å². The predicted molar refractivity (Wildman–Crippen MR) is 109 cm³/mol. The highest BCUT2D eigenvalue weighted by atomic mass is 32.1. The maximum absolute atomic E-state index is 12.1. The molecule has 3 aromatic rings. The van der Waals surface area contributed by atoms with Gasteiger partial charge in [0.05, 0.1) is 13.5 Å².